The van der Waals surface area contributed by atoms with E-state index in [1.54, 1.807) is 0 Å². The molecule has 2 heteroatoms. The van der Waals surface area contributed by atoms with Crippen LogP contribution in [-0.2, 0) is 0 Å². The van der Waals surface area contributed by atoms with E-state index in [1.165, 1.54) is 22.3 Å². The van der Waals surface area contributed by atoms with Gasteiger partial charge in [0.25, 0.3) is 0 Å². The zero-order valence-electron chi connectivity index (χ0n) is 14.1. The van der Waals surface area contributed by atoms with E-state index in [2.05, 4.69) is 58.7 Å². The van der Waals surface area contributed by atoms with E-state index in [1.807, 2.05) is 24.5 Å². The van der Waals surface area contributed by atoms with Gasteiger partial charge in [-0.1, -0.05) is 47.3 Å². The summed E-state index contributed by atoms with van der Waals surface area (Å²) < 4.78 is 0. The minimum atomic E-state index is 0. The van der Waals surface area contributed by atoms with Gasteiger partial charge in [0.2, 0.25) is 0 Å². The molecule has 1 aromatic heterocycles. The van der Waals surface area contributed by atoms with Crippen LogP contribution in [0.2, 0.25) is 0 Å². The van der Waals surface area contributed by atoms with Crippen molar-refractivity contribution in [3.8, 4) is 0 Å². The maximum Gasteiger partial charge on any atom is 0.0346 e. The topological polar surface area (TPSA) is 38.9 Å². The molecule has 1 heterocycles. The van der Waals surface area contributed by atoms with Gasteiger partial charge in [-0.3, -0.25) is 4.98 Å². The molecule has 0 saturated carbocycles. The van der Waals surface area contributed by atoms with E-state index >= 15 is 0 Å². The summed E-state index contributed by atoms with van der Waals surface area (Å²) >= 11 is 0. The minimum Gasteiger partial charge on any atom is -0.399 e. The van der Waals surface area contributed by atoms with Crippen molar-refractivity contribution in [2.75, 3.05) is 5.73 Å². The maximum absolute atomic E-state index is 5.76. The standard InChI is InChI=1S/C10H15N.C9H13N.CH4/c1-7(2)9-5-4-6-10(11)8(9)3;1-7(2)9-6-10-5-4-8(9)3;/h4-7H,11H2,1-3H3;4-7H,1-3H3;1H4. The zero-order valence-corrected chi connectivity index (χ0v) is 14.1. The fraction of sp³-hybridized carbons (Fsp3) is 0.450. The quantitative estimate of drug-likeness (QED) is 0.706. The van der Waals surface area contributed by atoms with Gasteiger partial charge in [0.05, 0.1) is 0 Å². The Morgan fingerprint density at radius 2 is 1.50 bits per heavy atom. The number of hydrogen-bond acceptors (Lipinski definition) is 2. The highest BCUT2D eigenvalue weighted by molar-refractivity contribution is 5.50. The monoisotopic (exact) mass is 300 g/mol. The summed E-state index contributed by atoms with van der Waals surface area (Å²) in [7, 11) is 0. The summed E-state index contributed by atoms with van der Waals surface area (Å²) in [5.41, 5.74) is 11.9. The minimum absolute atomic E-state index is 0. The maximum atomic E-state index is 5.76. The second-order valence-corrected chi connectivity index (χ2v) is 6.10. The highest BCUT2D eigenvalue weighted by atomic mass is 14.6. The number of nitrogens with two attached hydrogens (primary N) is 1. The summed E-state index contributed by atoms with van der Waals surface area (Å²) in [5.74, 6) is 1.16. The smallest absolute Gasteiger partial charge is 0.0346 e. The molecule has 2 aromatic rings. The number of hydrogen-bond donors (Lipinski definition) is 1. The number of aryl methyl sites for hydroxylation is 1. The highest BCUT2D eigenvalue weighted by Crippen LogP contribution is 2.22. The van der Waals surface area contributed by atoms with Crippen LogP contribution in [-0.4, -0.2) is 4.98 Å². The molecule has 0 fully saturated rings. The Morgan fingerprint density at radius 3 is 1.91 bits per heavy atom. The lowest BCUT2D eigenvalue weighted by Gasteiger charge is -2.10. The van der Waals surface area contributed by atoms with E-state index < -0.39 is 0 Å². The highest BCUT2D eigenvalue weighted by Gasteiger charge is 2.03. The van der Waals surface area contributed by atoms with Crippen molar-refractivity contribution in [2.24, 2.45) is 0 Å². The molecule has 0 atom stereocenters. The predicted octanol–water partition coefficient (Wildman–Crippen LogP) is 5.85. The van der Waals surface area contributed by atoms with Crippen LogP contribution in [0.1, 0.15) is 69.2 Å². The van der Waals surface area contributed by atoms with E-state index in [0.29, 0.717) is 11.8 Å². The van der Waals surface area contributed by atoms with Crippen molar-refractivity contribution < 1.29 is 0 Å². The fourth-order valence-electron chi connectivity index (χ4n) is 2.38. The molecule has 0 radical (unpaired) electrons. The lowest BCUT2D eigenvalue weighted by Crippen LogP contribution is -1.96. The van der Waals surface area contributed by atoms with Gasteiger partial charge < -0.3 is 5.73 Å². The molecule has 2 rings (SSSR count). The van der Waals surface area contributed by atoms with Crippen LogP contribution in [0.25, 0.3) is 0 Å². The van der Waals surface area contributed by atoms with Gasteiger partial charge in [-0.05, 0) is 60.1 Å². The van der Waals surface area contributed by atoms with Crippen molar-refractivity contribution in [1.29, 1.82) is 0 Å². The Labute approximate surface area is 136 Å². The molecule has 0 amide bonds. The van der Waals surface area contributed by atoms with Crippen LogP contribution >= 0.6 is 0 Å². The second-order valence-electron chi connectivity index (χ2n) is 6.10. The average Bonchev–Trinajstić information content (AvgIpc) is 2.42. The summed E-state index contributed by atoms with van der Waals surface area (Å²) in [5, 5.41) is 0. The van der Waals surface area contributed by atoms with Gasteiger partial charge in [0.15, 0.2) is 0 Å². The summed E-state index contributed by atoms with van der Waals surface area (Å²) in [4.78, 5) is 4.07. The van der Waals surface area contributed by atoms with Gasteiger partial charge in [0.1, 0.15) is 0 Å². The fourth-order valence-corrected chi connectivity index (χ4v) is 2.38. The van der Waals surface area contributed by atoms with Gasteiger partial charge in [-0.15, -0.1) is 0 Å². The molecule has 0 aliphatic rings. The SMILES string of the molecule is C.Cc1c(N)cccc1C(C)C.Cc1ccncc1C(C)C. The number of pyridine rings is 1. The Kier molecular flexibility index (Phi) is 8.47. The van der Waals surface area contributed by atoms with Crippen molar-refractivity contribution in [2.45, 2.75) is 60.8 Å². The molecule has 0 aliphatic carbocycles. The lowest BCUT2D eigenvalue weighted by molar-refractivity contribution is 0.847. The van der Waals surface area contributed by atoms with Crippen LogP contribution in [0.3, 0.4) is 0 Å². The van der Waals surface area contributed by atoms with E-state index in [0.717, 1.165) is 5.69 Å². The molecular weight excluding hydrogens is 268 g/mol. The van der Waals surface area contributed by atoms with Gasteiger partial charge in [-0.25, -0.2) is 0 Å². The number of anilines is 1. The molecule has 0 aliphatic heterocycles. The van der Waals surface area contributed by atoms with Crippen LogP contribution in [0.4, 0.5) is 5.69 Å². The number of nitrogens with zero attached hydrogens (tertiary/aromatic N) is 1. The number of benzene rings is 1. The molecule has 0 unspecified atom stereocenters. The van der Waals surface area contributed by atoms with Gasteiger partial charge in [0, 0.05) is 18.1 Å². The second kappa shape index (κ2) is 9.24. The van der Waals surface area contributed by atoms with Crippen LogP contribution in [0, 0.1) is 13.8 Å². The molecule has 0 saturated heterocycles. The van der Waals surface area contributed by atoms with E-state index in [4.69, 9.17) is 5.73 Å². The molecule has 2 N–H and O–H groups in total. The normalized spacial score (nSPS) is 10.0. The van der Waals surface area contributed by atoms with E-state index in [-0.39, 0.29) is 7.43 Å². The van der Waals surface area contributed by atoms with E-state index in [9.17, 15) is 0 Å². The first-order valence-electron chi connectivity index (χ1n) is 7.60. The Hall–Kier alpha value is -1.83. The molecule has 122 valence electrons. The Bertz CT molecular complexity index is 572. The van der Waals surface area contributed by atoms with Crippen molar-refractivity contribution >= 4 is 5.69 Å². The third-order valence-electron chi connectivity index (χ3n) is 3.74. The van der Waals surface area contributed by atoms with Crippen LogP contribution in [0.5, 0.6) is 0 Å². The third-order valence-corrected chi connectivity index (χ3v) is 3.74. The number of aromatic nitrogens is 1. The molecule has 22 heavy (non-hydrogen) atoms. The molecule has 2 nitrogen and oxygen atoms in total. The van der Waals surface area contributed by atoms with Crippen LogP contribution < -0.4 is 5.73 Å². The number of rotatable bonds is 2. The van der Waals surface area contributed by atoms with Crippen molar-refractivity contribution in [1.82, 2.24) is 4.98 Å². The third kappa shape index (κ3) is 5.51. The first-order chi connectivity index (χ1) is 9.84. The largest absolute Gasteiger partial charge is 0.399 e. The van der Waals surface area contributed by atoms with Crippen molar-refractivity contribution in [3.05, 3.63) is 58.9 Å². The van der Waals surface area contributed by atoms with Crippen LogP contribution in [0.15, 0.2) is 36.7 Å². The molecular formula is C20H32N2. The lowest BCUT2D eigenvalue weighted by atomic mass is 9.97. The zero-order chi connectivity index (χ0) is 16.0. The molecule has 1 aromatic carbocycles. The first-order valence-corrected chi connectivity index (χ1v) is 7.60. The number of nitrogen functional groups attached to an aromatic ring is 1. The summed E-state index contributed by atoms with van der Waals surface area (Å²) in [6.07, 6.45) is 3.78. The summed E-state index contributed by atoms with van der Waals surface area (Å²) in [6, 6.07) is 8.14. The van der Waals surface area contributed by atoms with Gasteiger partial charge >= 0.3 is 0 Å². The van der Waals surface area contributed by atoms with Gasteiger partial charge in [-0.2, -0.15) is 0 Å². The summed E-state index contributed by atoms with van der Waals surface area (Å²) in [6.45, 7) is 12.9. The average molecular weight is 300 g/mol. The Balaban J connectivity index is 0.000000385. The Morgan fingerprint density at radius 1 is 0.909 bits per heavy atom. The molecule has 0 bridgehead atoms. The molecule has 0 spiro atoms. The predicted molar refractivity (Wildman–Crippen MR) is 99.5 cm³/mol. The van der Waals surface area contributed by atoms with Crippen molar-refractivity contribution in [3.63, 3.8) is 0 Å². The first kappa shape index (κ1) is 20.2.